The molecule has 104 valence electrons. The molecule has 0 aromatic carbocycles. The first kappa shape index (κ1) is 15.7. The zero-order valence-corrected chi connectivity index (χ0v) is 12.2. The van der Waals surface area contributed by atoms with E-state index in [1.165, 1.54) is 11.3 Å². The number of nitrogens with one attached hydrogen (secondary N) is 1. The summed E-state index contributed by atoms with van der Waals surface area (Å²) in [4.78, 5) is 12.8. The van der Waals surface area contributed by atoms with Crippen molar-refractivity contribution in [3.63, 3.8) is 0 Å². The van der Waals surface area contributed by atoms with E-state index in [9.17, 15) is 4.79 Å². The van der Waals surface area contributed by atoms with Crippen LogP contribution in [0.4, 0.5) is 0 Å². The number of methoxy groups -OCH3 is 1. The Hall–Kier alpha value is -1.35. The van der Waals surface area contributed by atoms with Gasteiger partial charge < -0.3 is 15.2 Å². The molecule has 1 unspecified atom stereocenters. The average Bonchev–Trinajstić information content (AvgIpc) is 2.84. The summed E-state index contributed by atoms with van der Waals surface area (Å²) >= 11 is 1.39. The first-order valence-electron chi connectivity index (χ1n) is 6.06. The van der Waals surface area contributed by atoms with E-state index >= 15 is 0 Å². The van der Waals surface area contributed by atoms with E-state index in [4.69, 9.17) is 9.84 Å². The molecule has 0 aliphatic heterocycles. The number of ether oxygens (including phenoxy) is 1. The standard InChI is InChI=1S/C14H19NO3S/c1-10(2)13(8-18-3)15-14(17)11-7-12(19-9-11)5-4-6-16/h7,9-10,13,16H,6,8H2,1-3H3,(H,15,17). The summed E-state index contributed by atoms with van der Waals surface area (Å²) in [6, 6.07) is 1.72. The highest BCUT2D eigenvalue weighted by Crippen LogP contribution is 2.14. The lowest BCUT2D eigenvalue weighted by Gasteiger charge is -2.21. The molecule has 0 radical (unpaired) electrons. The molecule has 19 heavy (non-hydrogen) atoms. The van der Waals surface area contributed by atoms with Gasteiger partial charge in [0, 0.05) is 12.5 Å². The molecule has 0 aliphatic carbocycles. The minimum atomic E-state index is -0.178. The van der Waals surface area contributed by atoms with Crippen molar-refractivity contribution in [3.05, 3.63) is 21.9 Å². The fraction of sp³-hybridized carbons (Fsp3) is 0.500. The number of amides is 1. The predicted molar refractivity (Wildman–Crippen MR) is 76.3 cm³/mol. The molecule has 0 saturated heterocycles. The average molecular weight is 281 g/mol. The first-order valence-corrected chi connectivity index (χ1v) is 6.94. The molecule has 1 amide bonds. The lowest BCUT2D eigenvalue weighted by Crippen LogP contribution is -2.41. The van der Waals surface area contributed by atoms with Crippen LogP contribution in [0.1, 0.15) is 29.1 Å². The number of rotatable bonds is 5. The Morgan fingerprint density at radius 2 is 2.32 bits per heavy atom. The highest BCUT2D eigenvalue weighted by atomic mass is 32.1. The molecule has 4 nitrogen and oxygen atoms in total. The van der Waals surface area contributed by atoms with Crippen LogP contribution in [0.15, 0.2) is 11.4 Å². The van der Waals surface area contributed by atoms with Gasteiger partial charge in [-0.05, 0) is 12.0 Å². The molecule has 0 bridgehead atoms. The van der Waals surface area contributed by atoms with Crippen molar-refractivity contribution in [3.8, 4) is 11.8 Å². The summed E-state index contributed by atoms with van der Waals surface area (Å²) in [6.07, 6.45) is 0. The van der Waals surface area contributed by atoms with E-state index in [1.54, 1.807) is 18.6 Å². The fourth-order valence-corrected chi connectivity index (χ4v) is 2.23. The molecule has 1 atom stereocenters. The third kappa shape index (κ3) is 5.03. The molecule has 1 rings (SSSR count). The summed E-state index contributed by atoms with van der Waals surface area (Å²) in [5, 5.41) is 13.3. The minimum Gasteiger partial charge on any atom is -0.384 e. The van der Waals surface area contributed by atoms with E-state index in [0.717, 1.165) is 4.88 Å². The maximum absolute atomic E-state index is 12.1. The molecular weight excluding hydrogens is 262 g/mol. The van der Waals surface area contributed by atoms with Crippen LogP contribution in [0.2, 0.25) is 0 Å². The second-order valence-electron chi connectivity index (χ2n) is 4.44. The van der Waals surface area contributed by atoms with Gasteiger partial charge in [0.05, 0.1) is 23.1 Å². The van der Waals surface area contributed by atoms with Crippen molar-refractivity contribution in [2.75, 3.05) is 20.3 Å². The van der Waals surface area contributed by atoms with Crippen LogP contribution in [-0.4, -0.2) is 37.4 Å². The Kier molecular flexibility index (Phi) is 6.57. The van der Waals surface area contributed by atoms with Gasteiger partial charge in [0.15, 0.2) is 0 Å². The Balaban J connectivity index is 2.69. The number of aliphatic hydroxyl groups is 1. The van der Waals surface area contributed by atoms with Gasteiger partial charge in [-0.15, -0.1) is 11.3 Å². The topological polar surface area (TPSA) is 58.6 Å². The highest BCUT2D eigenvalue weighted by molar-refractivity contribution is 7.10. The third-order valence-corrected chi connectivity index (χ3v) is 3.47. The number of aliphatic hydroxyl groups excluding tert-OH is 1. The van der Waals surface area contributed by atoms with Crippen LogP contribution >= 0.6 is 11.3 Å². The quantitative estimate of drug-likeness (QED) is 0.804. The molecule has 2 N–H and O–H groups in total. The van der Waals surface area contributed by atoms with E-state index in [2.05, 4.69) is 17.2 Å². The summed E-state index contributed by atoms with van der Waals surface area (Å²) in [7, 11) is 1.62. The van der Waals surface area contributed by atoms with Crippen molar-refractivity contribution in [2.24, 2.45) is 5.92 Å². The smallest absolute Gasteiger partial charge is 0.252 e. The molecular formula is C14H19NO3S. The summed E-state index contributed by atoms with van der Waals surface area (Å²) < 4.78 is 5.10. The van der Waals surface area contributed by atoms with Crippen molar-refractivity contribution < 1.29 is 14.6 Å². The van der Waals surface area contributed by atoms with E-state index < -0.39 is 0 Å². The van der Waals surface area contributed by atoms with Crippen LogP contribution in [0.5, 0.6) is 0 Å². The lowest BCUT2D eigenvalue weighted by molar-refractivity contribution is 0.0867. The van der Waals surface area contributed by atoms with Crippen molar-refractivity contribution >= 4 is 17.2 Å². The third-order valence-electron chi connectivity index (χ3n) is 2.62. The largest absolute Gasteiger partial charge is 0.384 e. The lowest BCUT2D eigenvalue weighted by atomic mass is 10.1. The van der Waals surface area contributed by atoms with E-state index in [1.807, 2.05) is 13.8 Å². The molecule has 1 heterocycles. The van der Waals surface area contributed by atoms with Crippen molar-refractivity contribution in [1.29, 1.82) is 0 Å². The number of hydrogen-bond donors (Lipinski definition) is 2. The Bertz CT molecular complexity index is 471. The van der Waals surface area contributed by atoms with Gasteiger partial charge in [-0.1, -0.05) is 25.7 Å². The fourth-order valence-electron chi connectivity index (χ4n) is 1.48. The van der Waals surface area contributed by atoms with E-state index in [0.29, 0.717) is 18.1 Å². The highest BCUT2D eigenvalue weighted by Gasteiger charge is 2.17. The van der Waals surface area contributed by atoms with Crippen LogP contribution in [0.25, 0.3) is 0 Å². The van der Waals surface area contributed by atoms with E-state index in [-0.39, 0.29) is 18.6 Å². The minimum absolute atomic E-state index is 0.00984. The maximum atomic E-state index is 12.1. The molecule has 1 aromatic heterocycles. The molecule has 0 spiro atoms. The zero-order chi connectivity index (χ0) is 14.3. The van der Waals surface area contributed by atoms with Crippen molar-refractivity contribution in [2.45, 2.75) is 19.9 Å². The zero-order valence-electron chi connectivity index (χ0n) is 11.4. The Labute approximate surface area is 117 Å². The molecule has 0 fully saturated rings. The van der Waals surface area contributed by atoms with Crippen LogP contribution in [0, 0.1) is 17.8 Å². The van der Waals surface area contributed by atoms with Crippen LogP contribution in [0.3, 0.4) is 0 Å². The van der Waals surface area contributed by atoms with Gasteiger partial charge in [0.25, 0.3) is 5.91 Å². The summed E-state index contributed by atoms with van der Waals surface area (Å²) in [6.45, 7) is 4.39. The predicted octanol–water partition coefficient (Wildman–Crippen LogP) is 1.49. The number of thiophene rings is 1. The van der Waals surface area contributed by atoms with Gasteiger partial charge >= 0.3 is 0 Å². The summed E-state index contributed by atoms with van der Waals surface area (Å²) in [5.41, 5.74) is 0.592. The Morgan fingerprint density at radius 3 is 2.89 bits per heavy atom. The number of hydrogen-bond acceptors (Lipinski definition) is 4. The number of carbonyl (C=O) groups is 1. The Morgan fingerprint density at radius 1 is 1.58 bits per heavy atom. The maximum Gasteiger partial charge on any atom is 0.252 e. The molecule has 5 heteroatoms. The van der Waals surface area contributed by atoms with Crippen LogP contribution < -0.4 is 5.32 Å². The SMILES string of the molecule is COCC(NC(=O)c1csc(C#CCO)c1)C(C)C. The second kappa shape index (κ2) is 7.95. The van der Waals surface area contributed by atoms with Gasteiger partial charge in [-0.3, -0.25) is 4.79 Å². The van der Waals surface area contributed by atoms with Gasteiger partial charge in [-0.25, -0.2) is 0 Å². The molecule has 0 aliphatic rings. The van der Waals surface area contributed by atoms with Crippen molar-refractivity contribution in [1.82, 2.24) is 5.32 Å². The normalized spacial score (nSPS) is 11.8. The molecule has 1 aromatic rings. The first-order chi connectivity index (χ1) is 9.08. The van der Waals surface area contributed by atoms with Crippen LogP contribution in [-0.2, 0) is 4.74 Å². The van der Waals surface area contributed by atoms with Gasteiger partial charge in [0.1, 0.15) is 6.61 Å². The van der Waals surface area contributed by atoms with Gasteiger partial charge in [-0.2, -0.15) is 0 Å². The van der Waals surface area contributed by atoms with Gasteiger partial charge in [0.2, 0.25) is 0 Å². The second-order valence-corrected chi connectivity index (χ2v) is 5.35. The number of carbonyl (C=O) groups excluding carboxylic acids is 1. The molecule has 0 saturated carbocycles. The summed E-state index contributed by atoms with van der Waals surface area (Å²) in [5.74, 6) is 5.53. The monoisotopic (exact) mass is 281 g/mol.